The number of aromatic nitrogens is 1. The summed E-state index contributed by atoms with van der Waals surface area (Å²) in [4.78, 5) is 4.17. The normalized spacial score (nSPS) is 15.3. The SMILES string of the molecule is Brc1cc2c(cn1)CCC2. The number of rotatable bonds is 0. The van der Waals surface area contributed by atoms with Crippen LogP contribution < -0.4 is 0 Å². The number of aryl methyl sites for hydroxylation is 2. The van der Waals surface area contributed by atoms with E-state index in [0.29, 0.717) is 0 Å². The van der Waals surface area contributed by atoms with Crippen LogP contribution in [0.5, 0.6) is 0 Å². The summed E-state index contributed by atoms with van der Waals surface area (Å²) in [6, 6.07) is 2.13. The molecule has 1 nitrogen and oxygen atoms in total. The van der Waals surface area contributed by atoms with Gasteiger partial charge in [0.1, 0.15) is 4.60 Å². The lowest BCUT2D eigenvalue weighted by Gasteiger charge is -1.96. The van der Waals surface area contributed by atoms with Crippen LogP contribution in [-0.2, 0) is 12.8 Å². The molecule has 2 heteroatoms. The molecule has 0 fully saturated rings. The zero-order valence-corrected chi connectivity index (χ0v) is 7.19. The minimum Gasteiger partial charge on any atom is -0.249 e. The molecule has 2 rings (SSSR count). The van der Waals surface area contributed by atoms with Crippen molar-refractivity contribution >= 4 is 15.9 Å². The van der Waals surface area contributed by atoms with Gasteiger partial charge in [-0.3, -0.25) is 0 Å². The molecule has 0 saturated heterocycles. The summed E-state index contributed by atoms with van der Waals surface area (Å²) in [5, 5.41) is 0. The highest BCUT2D eigenvalue weighted by molar-refractivity contribution is 9.10. The Balaban J connectivity index is 2.52. The molecule has 0 N–H and O–H groups in total. The van der Waals surface area contributed by atoms with Gasteiger partial charge in [-0.25, -0.2) is 4.98 Å². The molecular formula is C8H8BrN. The molecule has 0 spiro atoms. The Hall–Kier alpha value is -0.370. The second kappa shape index (κ2) is 2.35. The zero-order valence-electron chi connectivity index (χ0n) is 5.60. The van der Waals surface area contributed by atoms with Gasteiger partial charge in [0.15, 0.2) is 0 Å². The Morgan fingerprint density at radius 1 is 1.30 bits per heavy atom. The molecule has 0 aromatic carbocycles. The van der Waals surface area contributed by atoms with Gasteiger partial charge in [0.25, 0.3) is 0 Å². The molecule has 52 valence electrons. The van der Waals surface area contributed by atoms with Crippen molar-refractivity contribution in [1.29, 1.82) is 0 Å². The van der Waals surface area contributed by atoms with Crippen LogP contribution in [0.4, 0.5) is 0 Å². The van der Waals surface area contributed by atoms with Gasteiger partial charge < -0.3 is 0 Å². The smallest absolute Gasteiger partial charge is 0.106 e. The highest BCUT2D eigenvalue weighted by atomic mass is 79.9. The minimum absolute atomic E-state index is 0.966. The van der Waals surface area contributed by atoms with Crippen molar-refractivity contribution in [3.05, 3.63) is 28.0 Å². The molecule has 0 amide bonds. The number of nitrogens with zero attached hydrogens (tertiary/aromatic N) is 1. The standard InChI is InChI=1S/C8H8BrN/c9-8-4-6-2-1-3-7(6)5-10-8/h4-5H,1-3H2. The second-order valence-electron chi connectivity index (χ2n) is 2.63. The largest absolute Gasteiger partial charge is 0.249 e. The predicted octanol–water partition coefficient (Wildman–Crippen LogP) is 2.33. The molecule has 0 aliphatic heterocycles. The van der Waals surface area contributed by atoms with E-state index in [1.165, 1.54) is 30.4 Å². The van der Waals surface area contributed by atoms with Crippen LogP contribution in [0.3, 0.4) is 0 Å². The van der Waals surface area contributed by atoms with Gasteiger partial charge in [0.2, 0.25) is 0 Å². The van der Waals surface area contributed by atoms with Crippen LogP contribution in [0.2, 0.25) is 0 Å². The summed E-state index contributed by atoms with van der Waals surface area (Å²) >= 11 is 3.35. The summed E-state index contributed by atoms with van der Waals surface area (Å²) in [7, 11) is 0. The Morgan fingerprint density at radius 3 is 3.00 bits per heavy atom. The third-order valence-electron chi connectivity index (χ3n) is 1.94. The molecule has 0 radical (unpaired) electrons. The topological polar surface area (TPSA) is 12.9 Å². The molecule has 0 bridgehead atoms. The van der Waals surface area contributed by atoms with Gasteiger partial charge in [0, 0.05) is 6.20 Å². The zero-order chi connectivity index (χ0) is 6.97. The van der Waals surface area contributed by atoms with Crippen LogP contribution in [-0.4, -0.2) is 4.98 Å². The first-order valence-corrected chi connectivity index (χ1v) is 4.29. The highest BCUT2D eigenvalue weighted by Gasteiger charge is 2.10. The van der Waals surface area contributed by atoms with Crippen LogP contribution >= 0.6 is 15.9 Å². The maximum atomic E-state index is 4.17. The lowest BCUT2D eigenvalue weighted by atomic mass is 10.2. The number of hydrogen-bond acceptors (Lipinski definition) is 1. The van der Waals surface area contributed by atoms with Crippen LogP contribution in [0, 0.1) is 0 Å². The van der Waals surface area contributed by atoms with E-state index >= 15 is 0 Å². The average Bonchev–Trinajstić information content (AvgIpc) is 2.33. The van der Waals surface area contributed by atoms with Gasteiger partial charge >= 0.3 is 0 Å². The van der Waals surface area contributed by atoms with Gasteiger partial charge in [0.05, 0.1) is 0 Å². The third kappa shape index (κ3) is 0.966. The molecular weight excluding hydrogens is 190 g/mol. The van der Waals surface area contributed by atoms with Crippen LogP contribution in [0.15, 0.2) is 16.9 Å². The maximum Gasteiger partial charge on any atom is 0.106 e. The van der Waals surface area contributed by atoms with Crippen molar-refractivity contribution in [1.82, 2.24) is 4.98 Å². The Kier molecular flexibility index (Phi) is 1.49. The summed E-state index contributed by atoms with van der Waals surface area (Å²) in [6.07, 6.45) is 5.73. The first kappa shape index (κ1) is 6.35. The number of pyridine rings is 1. The lowest BCUT2D eigenvalue weighted by molar-refractivity contribution is 0.911. The fraction of sp³-hybridized carbons (Fsp3) is 0.375. The molecule has 1 aromatic rings. The number of fused-ring (bicyclic) bond motifs is 1. The van der Waals surface area contributed by atoms with Gasteiger partial charge in [-0.15, -0.1) is 0 Å². The van der Waals surface area contributed by atoms with E-state index in [-0.39, 0.29) is 0 Å². The minimum atomic E-state index is 0.966. The first-order valence-electron chi connectivity index (χ1n) is 3.49. The third-order valence-corrected chi connectivity index (χ3v) is 2.38. The van der Waals surface area contributed by atoms with E-state index in [0.717, 1.165) is 4.60 Å². The molecule has 1 aromatic heterocycles. The van der Waals surface area contributed by atoms with Crippen LogP contribution in [0.25, 0.3) is 0 Å². The van der Waals surface area contributed by atoms with E-state index in [1.807, 2.05) is 6.20 Å². The van der Waals surface area contributed by atoms with E-state index in [2.05, 4.69) is 27.0 Å². The molecule has 0 unspecified atom stereocenters. The Morgan fingerprint density at radius 2 is 2.10 bits per heavy atom. The van der Waals surface area contributed by atoms with Crippen molar-refractivity contribution < 1.29 is 0 Å². The fourth-order valence-electron chi connectivity index (χ4n) is 1.42. The summed E-state index contributed by atoms with van der Waals surface area (Å²) in [5.41, 5.74) is 2.91. The van der Waals surface area contributed by atoms with Crippen molar-refractivity contribution in [3.8, 4) is 0 Å². The number of hydrogen-bond donors (Lipinski definition) is 0. The quantitative estimate of drug-likeness (QED) is 0.583. The van der Waals surface area contributed by atoms with Crippen LogP contribution in [0.1, 0.15) is 17.5 Å². The van der Waals surface area contributed by atoms with E-state index in [9.17, 15) is 0 Å². The Labute approximate surface area is 68.6 Å². The lowest BCUT2D eigenvalue weighted by Crippen LogP contribution is -1.83. The molecule has 1 aliphatic carbocycles. The molecule has 1 heterocycles. The molecule has 1 aliphatic rings. The van der Waals surface area contributed by atoms with E-state index < -0.39 is 0 Å². The van der Waals surface area contributed by atoms with Crippen molar-refractivity contribution in [2.75, 3.05) is 0 Å². The molecule has 0 atom stereocenters. The first-order chi connectivity index (χ1) is 4.86. The fourth-order valence-corrected chi connectivity index (χ4v) is 1.80. The van der Waals surface area contributed by atoms with Crippen molar-refractivity contribution in [2.24, 2.45) is 0 Å². The molecule has 10 heavy (non-hydrogen) atoms. The van der Waals surface area contributed by atoms with E-state index in [1.54, 1.807) is 0 Å². The Bertz CT molecular complexity index is 257. The van der Waals surface area contributed by atoms with Gasteiger partial charge in [-0.05, 0) is 52.4 Å². The number of halogens is 1. The average molecular weight is 198 g/mol. The van der Waals surface area contributed by atoms with Crippen molar-refractivity contribution in [2.45, 2.75) is 19.3 Å². The molecule has 0 saturated carbocycles. The van der Waals surface area contributed by atoms with Gasteiger partial charge in [-0.2, -0.15) is 0 Å². The summed E-state index contributed by atoms with van der Waals surface area (Å²) < 4.78 is 0.966. The second-order valence-corrected chi connectivity index (χ2v) is 3.44. The van der Waals surface area contributed by atoms with Crippen molar-refractivity contribution in [3.63, 3.8) is 0 Å². The highest BCUT2D eigenvalue weighted by Crippen LogP contribution is 2.22. The predicted molar refractivity (Wildman–Crippen MR) is 44.0 cm³/mol. The van der Waals surface area contributed by atoms with E-state index in [4.69, 9.17) is 0 Å². The summed E-state index contributed by atoms with van der Waals surface area (Å²) in [6.45, 7) is 0. The monoisotopic (exact) mass is 197 g/mol. The maximum absolute atomic E-state index is 4.17. The van der Waals surface area contributed by atoms with Gasteiger partial charge in [-0.1, -0.05) is 0 Å². The summed E-state index contributed by atoms with van der Waals surface area (Å²) in [5.74, 6) is 0.